The molecule has 19 heavy (non-hydrogen) atoms. The van der Waals surface area contributed by atoms with Crippen LogP contribution in [-0.4, -0.2) is 48.5 Å². The first kappa shape index (κ1) is 15.0. The highest BCUT2D eigenvalue weighted by Crippen LogP contribution is 2.29. The van der Waals surface area contributed by atoms with Crippen LogP contribution < -0.4 is 5.73 Å². The second kappa shape index (κ2) is 6.83. The van der Waals surface area contributed by atoms with Crippen molar-refractivity contribution < 1.29 is 4.74 Å². The Bertz CT molecular complexity index is 401. The molecule has 2 rings (SSSR count). The minimum atomic E-state index is 0.0192. The Hall–Kier alpha value is -0.430. The van der Waals surface area contributed by atoms with Crippen molar-refractivity contribution in [3.8, 4) is 0 Å². The monoisotopic (exact) mass is 330 g/mol. The molecule has 1 aliphatic rings. The lowest BCUT2D eigenvalue weighted by molar-refractivity contribution is 0.182. The van der Waals surface area contributed by atoms with Gasteiger partial charge in [-0.3, -0.25) is 4.68 Å². The van der Waals surface area contributed by atoms with Crippen molar-refractivity contribution in [1.29, 1.82) is 0 Å². The van der Waals surface area contributed by atoms with Crippen molar-refractivity contribution in [1.82, 2.24) is 14.7 Å². The van der Waals surface area contributed by atoms with Gasteiger partial charge in [0.2, 0.25) is 0 Å². The summed E-state index contributed by atoms with van der Waals surface area (Å²) in [5.41, 5.74) is 7.47. The Morgan fingerprint density at radius 1 is 1.63 bits per heavy atom. The van der Waals surface area contributed by atoms with Crippen LogP contribution >= 0.6 is 15.9 Å². The summed E-state index contributed by atoms with van der Waals surface area (Å²) in [6, 6.07) is 0.0192. The molecule has 1 saturated heterocycles. The SMILES string of the molecule is CN(C)CCn1ncc(Br)c1C(N)CC1CCOC1. The maximum atomic E-state index is 6.37. The van der Waals surface area contributed by atoms with Crippen LogP contribution in [0.4, 0.5) is 0 Å². The predicted molar refractivity (Wildman–Crippen MR) is 79.0 cm³/mol. The van der Waals surface area contributed by atoms with Gasteiger partial charge in [-0.05, 0) is 48.8 Å². The van der Waals surface area contributed by atoms with E-state index in [9.17, 15) is 0 Å². The van der Waals surface area contributed by atoms with Gasteiger partial charge in [0, 0.05) is 25.8 Å². The molecule has 1 fully saturated rings. The lowest BCUT2D eigenvalue weighted by atomic mass is 9.98. The van der Waals surface area contributed by atoms with Crippen LogP contribution in [0.15, 0.2) is 10.7 Å². The fourth-order valence-corrected chi connectivity index (χ4v) is 3.04. The van der Waals surface area contributed by atoms with Crippen LogP contribution in [0.25, 0.3) is 0 Å². The first-order valence-electron chi connectivity index (χ1n) is 6.77. The molecule has 0 bridgehead atoms. The molecule has 2 atom stereocenters. The molecule has 0 saturated carbocycles. The first-order chi connectivity index (χ1) is 9.08. The average Bonchev–Trinajstić information content (AvgIpc) is 2.96. The topological polar surface area (TPSA) is 56.3 Å². The third-order valence-corrected chi connectivity index (χ3v) is 4.17. The average molecular weight is 331 g/mol. The zero-order chi connectivity index (χ0) is 13.8. The van der Waals surface area contributed by atoms with Gasteiger partial charge in [-0.2, -0.15) is 5.10 Å². The van der Waals surface area contributed by atoms with E-state index in [2.05, 4.69) is 40.0 Å². The Balaban J connectivity index is 2.02. The Morgan fingerprint density at radius 3 is 3.05 bits per heavy atom. The normalized spacial score (nSPS) is 21.2. The highest BCUT2D eigenvalue weighted by molar-refractivity contribution is 9.10. The van der Waals surface area contributed by atoms with Crippen LogP contribution in [0.3, 0.4) is 0 Å². The van der Waals surface area contributed by atoms with E-state index in [1.165, 1.54) is 0 Å². The molecule has 0 aliphatic carbocycles. The molecular weight excluding hydrogens is 308 g/mol. The second-order valence-electron chi connectivity index (χ2n) is 5.48. The molecule has 1 aliphatic heterocycles. The van der Waals surface area contributed by atoms with E-state index < -0.39 is 0 Å². The number of aromatic nitrogens is 2. The summed E-state index contributed by atoms with van der Waals surface area (Å²) in [5.74, 6) is 0.582. The molecule has 2 N–H and O–H groups in total. The van der Waals surface area contributed by atoms with Crippen molar-refractivity contribution >= 4 is 15.9 Å². The third-order valence-electron chi connectivity index (χ3n) is 3.55. The summed E-state index contributed by atoms with van der Waals surface area (Å²) in [5, 5.41) is 4.42. The molecule has 1 aromatic heterocycles. The molecule has 1 aromatic rings. The summed E-state index contributed by atoms with van der Waals surface area (Å²) in [7, 11) is 4.13. The number of hydrogen-bond acceptors (Lipinski definition) is 4. The minimum Gasteiger partial charge on any atom is -0.381 e. The van der Waals surface area contributed by atoms with E-state index in [1.807, 2.05) is 10.9 Å². The van der Waals surface area contributed by atoms with Gasteiger partial charge in [-0.25, -0.2) is 0 Å². The lowest BCUT2D eigenvalue weighted by Crippen LogP contribution is -2.24. The lowest BCUT2D eigenvalue weighted by Gasteiger charge is -2.19. The standard InChI is InChI=1S/C13H23BrN4O/c1-17(2)4-5-18-13(11(14)8-16-18)12(15)7-10-3-6-19-9-10/h8,10,12H,3-7,9,15H2,1-2H3. The van der Waals surface area contributed by atoms with Crippen LogP contribution in [0.1, 0.15) is 24.6 Å². The number of likely N-dealkylation sites (N-methyl/N-ethyl adjacent to an activating group) is 1. The van der Waals surface area contributed by atoms with E-state index >= 15 is 0 Å². The number of halogens is 1. The van der Waals surface area contributed by atoms with Crippen molar-refractivity contribution in [2.75, 3.05) is 33.9 Å². The number of ether oxygens (including phenoxy) is 1. The second-order valence-corrected chi connectivity index (χ2v) is 6.33. The number of nitrogens with two attached hydrogens (primary N) is 1. The maximum absolute atomic E-state index is 6.37. The molecule has 0 amide bonds. The van der Waals surface area contributed by atoms with E-state index in [-0.39, 0.29) is 6.04 Å². The highest BCUT2D eigenvalue weighted by Gasteiger charge is 2.23. The molecule has 0 aromatic carbocycles. The first-order valence-corrected chi connectivity index (χ1v) is 7.56. The smallest absolute Gasteiger partial charge is 0.0694 e. The van der Waals surface area contributed by atoms with Crippen molar-refractivity contribution in [2.45, 2.75) is 25.4 Å². The summed E-state index contributed by atoms with van der Waals surface area (Å²) < 4.78 is 8.45. The molecule has 5 nitrogen and oxygen atoms in total. The molecular formula is C13H23BrN4O. The Kier molecular flexibility index (Phi) is 5.38. The summed E-state index contributed by atoms with van der Waals surface area (Å²) >= 11 is 3.57. The molecule has 0 radical (unpaired) electrons. The van der Waals surface area contributed by atoms with E-state index in [4.69, 9.17) is 10.5 Å². The molecule has 2 heterocycles. The minimum absolute atomic E-state index is 0.0192. The summed E-state index contributed by atoms with van der Waals surface area (Å²) in [4.78, 5) is 2.15. The maximum Gasteiger partial charge on any atom is 0.0694 e. The van der Waals surface area contributed by atoms with Crippen molar-refractivity contribution in [3.05, 3.63) is 16.4 Å². The van der Waals surface area contributed by atoms with Crippen LogP contribution in [0.2, 0.25) is 0 Å². The summed E-state index contributed by atoms with van der Waals surface area (Å²) in [6.07, 6.45) is 3.93. The van der Waals surface area contributed by atoms with Crippen LogP contribution in [-0.2, 0) is 11.3 Å². The van der Waals surface area contributed by atoms with Crippen LogP contribution in [0, 0.1) is 5.92 Å². The van der Waals surface area contributed by atoms with Gasteiger partial charge >= 0.3 is 0 Å². The van der Waals surface area contributed by atoms with Crippen molar-refractivity contribution in [2.24, 2.45) is 11.7 Å². The molecule has 108 valence electrons. The van der Waals surface area contributed by atoms with Crippen molar-refractivity contribution in [3.63, 3.8) is 0 Å². The van der Waals surface area contributed by atoms with Crippen LogP contribution in [0.5, 0.6) is 0 Å². The van der Waals surface area contributed by atoms with E-state index in [0.29, 0.717) is 5.92 Å². The quantitative estimate of drug-likeness (QED) is 0.861. The van der Waals surface area contributed by atoms with Gasteiger partial charge in [-0.15, -0.1) is 0 Å². The zero-order valence-electron chi connectivity index (χ0n) is 11.7. The number of rotatable bonds is 6. The Labute approximate surface area is 123 Å². The van der Waals surface area contributed by atoms with E-state index in [0.717, 1.165) is 49.3 Å². The number of hydrogen-bond donors (Lipinski definition) is 1. The Morgan fingerprint density at radius 2 is 2.42 bits per heavy atom. The van der Waals surface area contributed by atoms with E-state index in [1.54, 1.807) is 0 Å². The predicted octanol–water partition coefficient (Wildman–Crippen LogP) is 1.63. The molecule has 2 unspecified atom stereocenters. The molecule has 6 heteroatoms. The van der Waals surface area contributed by atoms with Gasteiger partial charge in [0.1, 0.15) is 0 Å². The highest BCUT2D eigenvalue weighted by atomic mass is 79.9. The number of nitrogens with zero attached hydrogens (tertiary/aromatic N) is 3. The van der Waals surface area contributed by atoms with Gasteiger partial charge in [0.15, 0.2) is 0 Å². The van der Waals surface area contributed by atoms with Gasteiger partial charge in [-0.1, -0.05) is 0 Å². The van der Waals surface area contributed by atoms with Gasteiger partial charge in [0.25, 0.3) is 0 Å². The summed E-state index contributed by atoms with van der Waals surface area (Å²) in [6.45, 7) is 3.54. The fraction of sp³-hybridized carbons (Fsp3) is 0.769. The van der Waals surface area contributed by atoms with Gasteiger partial charge in [0.05, 0.1) is 22.9 Å². The third kappa shape index (κ3) is 4.02. The zero-order valence-corrected chi connectivity index (χ0v) is 13.3. The molecule has 0 spiro atoms. The van der Waals surface area contributed by atoms with Gasteiger partial charge < -0.3 is 15.4 Å². The largest absolute Gasteiger partial charge is 0.381 e. The fourth-order valence-electron chi connectivity index (χ4n) is 2.45.